The number of rotatable bonds is 8. The van der Waals surface area contributed by atoms with E-state index in [0.717, 1.165) is 25.1 Å². The number of nitrogens with one attached hydrogen (secondary N) is 1. The highest BCUT2D eigenvalue weighted by atomic mass is 16.6. The molecule has 1 aromatic heterocycles. The number of aromatic carboxylic acids is 1. The molecule has 0 fully saturated rings. The molecule has 0 aliphatic heterocycles. The second-order valence-corrected chi connectivity index (χ2v) is 4.24. The van der Waals surface area contributed by atoms with Gasteiger partial charge in [-0.3, -0.25) is 10.1 Å². The van der Waals surface area contributed by atoms with E-state index in [2.05, 4.69) is 10.3 Å². The van der Waals surface area contributed by atoms with Crippen LogP contribution >= 0.6 is 0 Å². The van der Waals surface area contributed by atoms with E-state index in [-0.39, 0.29) is 23.1 Å². The third kappa shape index (κ3) is 4.16. The van der Waals surface area contributed by atoms with Gasteiger partial charge >= 0.3 is 5.97 Å². The summed E-state index contributed by atoms with van der Waals surface area (Å²) in [7, 11) is 1.55. The fourth-order valence-corrected chi connectivity index (χ4v) is 1.77. The fourth-order valence-electron chi connectivity index (χ4n) is 1.77. The maximum absolute atomic E-state index is 11.2. The molecule has 1 heterocycles. The molecule has 1 rings (SSSR count). The zero-order valence-corrected chi connectivity index (χ0v) is 11.3. The largest absolute Gasteiger partial charge is 0.478 e. The van der Waals surface area contributed by atoms with Gasteiger partial charge < -0.3 is 15.2 Å². The zero-order chi connectivity index (χ0) is 15.1. The van der Waals surface area contributed by atoms with Crippen LogP contribution in [0.25, 0.3) is 0 Å². The third-order valence-electron chi connectivity index (χ3n) is 2.66. The number of nitro groups is 1. The Bertz CT molecular complexity index is 486. The second-order valence-electron chi connectivity index (χ2n) is 4.24. The SMILES string of the molecule is CCCC(COC)Nc1ncc([N+](=O)[O-])cc1C(=O)O. The lowest BCUT2D eigenvalue weighted by Gasteiger charge is -2.18. The summed E-state index contributed by atoms with van der Waals surface area (Å²) in [5.74, 6) is -1.16. The highest BCUT2D eigenvalue weighted by Crippen LogP contribution is 2.20. The summed E-state index contributed by atoms with van der Waals surface area (Å²) >= 11 is 0. The van der Waals surface area contributed by atoms with Crippen LogP contribution in [0.2, 0.25) is 0 Å². The first-order chi connectivity index (χ1) is 9.49. The average molecular weight is 283 g/mol. The van der Waals surface area contributed by atoms with Gasteiger partial charge in [-0.2, -0.15) is 0 Å². The van der Waals surface area contributed by atoms with Crippen molar-refractivity contribution in [2.75, 3.05) is 19.0 Å². The van der Waals surface area contributed by atoms with Gasteiger partial charge in [-0.1, -0.05) is 13.3 Å². The maximum Gasteiger partial charge on any atom is 0.339 e. The van der Waals surface area contributed by atoms with Gasteiger partial charge in [0.05, 0.1) is 17.6 Å². The normalized spacial score (nSPS) is 11.9. The van der Waals surface area contributed by atoms with Gasteiger partial charge in [-0.05, 0) is 6.42 Å². The summed E-state index contributed by atoms with van der Waals surface area (Å²) in [6.45, 7) is 2.39. The zero-order valence-electron chi connectivity index (χ0n) is 11.3. The number of hydrogen-bond donors (Lipinski definition) is 2. The number of aromatic nitrogens is 1. The van der Waals surface area contributed by atoms with E-state index in [9.17, 15) is 14.9 Å². The molecule has 0 saturated carbocycles. The van der Waals surface area contributed by atoms with Crippen molar-refractivity contribution in [1.82, 2.24) is 4.98 Å². The van der Waals surface area contributed by atoms with Crippen LogP contribution < -0.4 is 5.32 Å². The molecular weight excluding hydrogens is 266 g/mol. The van der Waals surface area contributed by atoms with Crippen molar-refractivity contribution in [3.8, 4) is 0 Å². The van der Waals surface area contributed by atoms with Gasteiger partial charge in [0.15, 0.2) is 0 Å². The van der Waals surface area contributed by atoms with Crippen LogP contribution in [-0.4, -0.2) is 40.7 Å². The Hall–Kier alpha value is -2.22. The van der Waals surface area contributed by atoms with Crippen molar-refractivity contribution in [3.63, 3.8) is 0 Å². The summed E-state index contributed by atoms with van der Waals surface area (Å²) < 4.78 is 5.05. The minimum atomic E-state index is -1.27. The molecular formula is C12H17N3O5. The molecule has 0 spiro atoms. The Balaban J connectivity index is 3.03. The lowest BCUT2D eigenvalue weighted by atomic mass is 10.1. The predicted molar refractivity (Wildman–Crippen MR) is 72.0 cm³/mol. The van der Waals surface area contributed by atoms with Crippen molar-refractivity contribution in [3.05, 3.63) is 27.9 Å². The average Bonchev–Trinajstić information content (AvgIpc) is 2.39. The Morgan fingerprint density at radius 2 is 2.35 bits per heavy atom. The first kappa shape index (κ1) is 15.8. The first-order valence-corrected chi connectivity index (χ1v) is 6.12. The summed E-state index contributed by atoms with van der Waals surface area (Å²) in [6.07, 6.45) is 2.69. The van der Waals surface area contributed by atoms with Crippen LogP contribution in [0.15, 0.2) is 12.3 Å². The Morgan fingerprint density at radius 3 is 2.85 bits per heavy atom. The molecule has 0 aromatic carbocycles. The van der Waals surface area contributed by atoms with E-state index < -0.39 is 10.9 Å². The van der Waals surface area contributed by atoms with Crippen molar-refractivity contribution in [2.24, 2.45) is 0 Å². The molecule has 8 nitrogen and oxygen atoms in total. The first-order valence-electron chi connectivity index (χ1n) is 6.12. The Labute approximate surface area is 115 Å². The second kappa shape index (κ2) is 7.39. The van der Waals surface area contributed by atoms with E-state index in [4.69, 9.17) is 9.84 Å². The smallest absolute Gasteiger partial charge is 0.339 e. The van der Waals surface area contributed by atoms with E-state index in [1.165, 1.54) is 0 Å². The molecule has 1 atom stereocenters. The molecule has 110 valence electrons. The van der Waals surface area contributed by atoms with Crippen LogP contribution in [-0.2, 0) is 4.74 Å². The van der Waals surface area contributed by atoms with Crippen molar-refractivity contribution in [1.29, 1.82) is 0 Å². The molecule has 0 aliphatic rings. The highest BCUT2D eigenvalue weighted by Gasteiger charge is 2.19. The van der Waals surface area contributed by atoms with Crippen molar-refractivity contribution >= 4 is 17.5 Å². The lowest BCUT2D eigenvalue weighted by Crippen LogP contribution is -2.26. The minimum absolute atomic E-state index is 0.0999. The third-order valence-corrected chi connectivity index (χ3v) is 2.66. The van der Waals surface area contributed by atoms with Crippen LogP contribution in [0.3, 0.4) is 0 Å². The number of carboxylic acids is 1. The molecule has 2 N–H and O–H groups in total. The van der Waals surface area contributed by atoms with Crippen LogP contribution in [0, 0.1) is 10.1 Å². The molecule has 1 aromatic rings. The quantitative estimate of drug-likeness (QED) is 0.553. The molecule has 1 unspecified atom stereocenters. The number of hydrogen-bond acceptors (Lipinski definition) is 6. The van der Waals surface area contributed by atoms with Crippen molar-refractivity contribution < 1.29 is 19.6 Å². The van der Waals surface area contributed by atoms with Gasteiger partial charge in [0, 0.05) is 13.2 Å². The number of nitrogens with zero attached hydrogens (tertiary/aromatic N) is 2. The summed E-state index contributed by atoms with van der Waals surface area (Å²) in [5.41, 5.74) is -0.580. The van der Waals surface area contributed by atoms with Gasteiger partial charge in [-0.25, -0.2) is 9.78 Å². The molecule has 0 amide bonds. The van der Waals surface area contributed by atoms with Crippen LogP contribution in [0.4, 0.5) is 11.5 Å². The molecule has 0 bridgehead atoms. The van der Waals surface area contributed by atoms with Gasteiger partial charge in [0.1, 0.15) is 17.6 Å². The Kier molecular flexibility index (Phi) is 5.85. The molecule has 0 saturated heterocycles. The lowest BCUT2D eigenvalue weighted by molar-refractivity contribution is -0.385. The monoisotopic (exact) mass is 283 g/mol. The van der Waals surface area contributed by atoms with E-state index in [1.807, 2.05) is 6.92 Å². The van der Waals surface area contributed by atoms with E-state index >= 15 is 0 Å². The topological polar surface area (TPSA) is 115 Å². The number of anilines is 1. The summed E-state index contributed by atoms with van der Waals surface area (Å²) in [4.78, 5) is 25.0. The van der Waals surface area contributed by atoms with Crippen LogP contribution in [0.5, 0.6) is 0 Å². The number of methoxy groups -OCH3 is 1. The van der Waals surface area contributed by atoms with Crippen molar-refractivity contribution in [2.45, 2.75) is 25.8 Å². The summed E-state index contributed by atoms with van der Waals surface area (Å²) in [6, 6.07) is 0.894. The number of carboxylic acid groups (broad SMARTS) is 1. The van der Waals surface area contributed by atoms with Crippen LogP contribution in [0.1, 0.15) is 30.1 Å². The van der Waals surface area contributed by atoms with Gasteiger partial charge in [0.2, 0.25) is 0 Å². The molecule has 20 heavy (non-hydrogen) atoms. The molecule has 0 aliphatic carbocycles. The van der Waals surface area contributed by atoms with Gasteiger partial charge in [-0.15, -0.1) is 0 Å². The van der Waals surface area contributed by atoms with E-state index in [1.54, 1.807) is 7.11 Å². The highest BCUT2D eigenvalue weighted by molar-refractivity contribution is 5.93. The standard InChI is InChI=1S/C12H17N3O5/c1-3-4-8(7-20-2)14-11-10(12(16)17)5-9(6-13-11)15(18)19/h5-6,8H,3-4,7H2,1-2H3,(H,13,14)(H,16,17). The Morgan fingerprint density at radius 1 is 1.65 bits per heavy atom. The maximum atomic E-state index is 11.2. The minimum Gasteiger partial charge on any atom is -0.478 e. The number of ether oxygens (including phenoxy) is 1. The molecule has 0 radical (unpaired) electrons. The number of carbonyl (C=O) groups is 1. The fraction of sp³-hybridized carbons (Fsp3) is 0.500. The van der Waals surface area contributed by atoms with Gasteiger partial charge in [0.25, 0.3) is 5.69 Å². The number of pyridine rings is 1. The summed E-state index contributed by atoms with van der Waals surface area (Å²) in [5, 5.41) is 22.7. The van der Waals surface area contributed by atoms with E-state index in [0.29, 0.717) is 6.61 Å². The molecule has 8 heteroatoms. The predicted octanol–water partition coefficient (Wildman–Crippen LogP) is 1.91.